The van der Waals surface area contributed by atoms with E-state index in [2.05, 4.69) is 5.32 Å². The van der Waals surface area contributed by atoms with Crippen LogP contribution in [0.2, 0.25) is 0 Å². The average molecular weight is 266 g/mol. The first-order chi connectivity index (χ1) is 9.06. The molecule has 1 aromatic rings. The lowest BCUT2D eigenvalue weighted by atomic mass is 10.1. The van der Waals surface area contributed by atoms with E-state index >= 15 is 0 Å². The van der Waals surface area contributed by atoms with E-state index in [1.54, 1.807) is 0 Å². The summed E-state index contributed by atoms with van der Waals surface area (Å²) in [6.07, 6.45) is 0.0502. The zero-order valence-electron chi connectivity index (χ0n) is 10.8. The van der Waals surface area contributed by atoms with Gasteiger partial charge in [-0.3, -0.25) is 9.69 Å². The monoisotopic (exact) mass is 266 g/mol. The molecule has 0 saturated carbocycles. The first-order valence-corrected chi connectivity index (χ1v) is 6.06. The Morgan fingerprint density at radius 1 is 1.58 bits per heavy atom. The van der Waals surface area contributed by atoms with Crippen molar-refractivity contribution in [1.82, 2.24) is 5.32 Å². The van der Waals surface area contributed by atoms with Gasteiger partial charge in [-0.25, -0.2) is 9.18 Å². The smallest absolute Gasteiger partial charge is 0.414 e. The second kappa shape index (κ2) is 5.26. The quantitative estimate of drug-likeness (QED) is 0.909. The van der Waals surface area contributed by atoms with Crippen molar-refractivity contribution < 1.29 is 18.7 Å². The Hall–Kier alpha value is -2.11. The molecule has 1 aromatic carbocycles. The molecule has 1 aliphatic heterocycles. The minimum Gasteiger partial charge on any atom is -0.444 e. The number of carbonyl (C=O) groups excluding carboxylic acids is 2. The highest BCUT2D eigenvalue weighted by molar-refractivity contribution is 5.95. The summed E-state index contributed by atoms with van der Waals surface area (Å²) >= 11 is 0. The summed E-state index contributed by atoms with van der Waals surface area (Å²) in [5, 5.41) is 2.35. The molecule has 102 valence electrons. The van der Waals surface area contributed by atoms with Crippen LogP contribution in [0.3, 0.4) is 0 Å². The van der Waals surface area contributed by atoms with Crippen molar-refractivity contribution in [2.45, 2.75) is 19.4 Å². The van der Waals surface area contributed by atoms with Crippen LogP contribution in [0.25, 0.3) is 0 Å². The van der Waals surface area contributed by atoms with E-state index in [0.717, 1.165) is 0 Å². The van der Waals surface area contributed by atoms with Crippen LogP contribution in [0.1, 0.15) is 23.7 Å². The predicted octanol–water partition coefficient (Wildman–Crippen LogP) is 1.92. The van der Waals surface area contributed by atoms with E-state index < -0.39 is 17.8 Å². The lowest BCUT2D eigenvalue weighted by Crippen LogP contribution is -2.25. The van der Waals surface area contributed by atoms with Crippen LogP contribution in [0.15, 0.2) is 18.2 Å². The maximum Gasteiger partial charge on any atom is 0.414 e. The third kappa shape index (κ3) is 2.52. The van der Waals surface area contributed by atoms with E-state index in [-0.39, 0.29) is 11.7 Å². The molecule has 5 nitrogen and oxygen atoms in total. The van der Waals surface area contributed by atoms with Gasteiger partial charge in [0.2, 0.25) is 0 Å². The Bertz CT molecular complexity index is 519. The van der Waals surface area contributed by atoms with Crippen LogP contribution in [0, 0.1) is 5.82 Å². The summed E-state index contributed by atoms with van der Waals surface area (Å²) < 4.78 is 18.9. The molecule has 1 atom stereocenters. The maximum atomic E-state index is 13.8. The molecule has 1 aliphatic rings. The summed E-state index contributed by atoms with van der Waals surface area (Å²) in [4.78, 5) is 24.4. The van der Waals surface area contributed by atoms with E-state index in [0.29, 0.717) is 18.7 Å². The minimum atomic E-state index is -0.662. The van der Waals surface area contributed by atoms with Gasteiger partial charge in [0.25, 0.3) is 5.91 Å². The second-order valence-corrected chi connectivity index (χ2v) is 4.27. The van der Waals surface area contributed by atoms with Crippen LogP contribution >= 0.6 is 0 Å². The van der Waals surface area contributed by atoms with Gasteiger partial charge in [-0.15, -0.1) is 0 Å². The number of anilines is 1. The van der Waals surface area contributed by atoms with Crippen molar-refractivity contribution in [3.63, 3.8) is 0 Å². The van der Waals surface area contributed by atoms with Crippen LogP contribution in [-0.2, 0) is 4.74 Å². The molecule has 0 spiro atoms. The Balaban J connectivity index is 2.25. The SMILES string of the molecule is CC[C@H]1CN(c2ccc(C(=O)NC)c(F)c2)C(=O)O1. The van der Waals surface area contributed by atoms with E-state index in [4.69, 9.17) is 4.74 Å². The number of nitrogens with one attached hydrogen (secondary N) is 1. The van der Waals surface area contributed by atoms with Gasteiger partial charge >= 0.3 is 6.09 Å². The third-order valence-corrected chi connectivity index (χ3v) is 3.07. The zero-order valence-corrected chi connectivity index (χ0v) is 10.8. The molecule has 0 aromatic heterocycles. The molecular formula is C13H15FN2O3. The number of ether oxygens (including phenoxy) is 1. The number of carbonyl (C=O) groups is 2. The number of cyclic esters (lactones) is 1. The topological polar surface area (TPSA) is 58.6 Å². The van der Waals surface area contributed by atoms with Gasteiger partial charge in [0.15, 0.2) is 0 Å². The fourth-order valence-electron chi connectivity index (χ4n) is 1.94. The number of nitrogens with zero attached hydrogens (tertiary/aromatic N) is 1. The van der Waals surface area contributed by atoms with Crippen LogP contribution in [0.4, 0.5) is 14.9 Å². The van der Waals surface area contributed by atoms with Crippen molar-refractivity contribution in [2.24, 2.45) is 0 Å². The van der Waals surface area contributed by atoms with Crippen molar-refractivity contribution in [2.75, 3.05) is 18.5 Å². The fourth-order valence-corrected chi connectivity index (χ4v) is 1.94. The van der Waals surface area contributed by atoms with Gasteiger partial charge in [0.05, 0.1) is 17.8 Å². The summed E-state index contributed by atoms with van der Waals surface area (Å²) in [6, 6.07) is 4.06. The van der Waals surface area contributed by atoms with Crippen LogP contribution in [-0.4, -0.2) is 31.7 Å². The van der Waals surface area contributed by atoms with Gasteiger partial charge in [0, 0.05) is 7.05 Å². The van der Waals surface area contributed by atoms with E-state index in [9.17, 15) is 14.0 Å². The number of rotatable bonds is 3. The molecule has 0 radical (unpaired) electrons. The van der Waals surface area contributed by atoms with Gasteiger partial charge in [-0.1, -0.05) is 6.92 Å². The Morgan fingerprint density at radius 3 is 2.84 bits per heavy atom. The molecule has 1 heterocycles. The van der Waals surface area contributed by atoms with E-state index in [1.165, 1.54) is 30.1 Å². The van der Waals surface area contributed by atoms with Gasteiger partial charge in [-0.05, 0) is 24.6 Å². The molecule has 2 rings (SSSR count). The lowest BCUT2D eigenvalue weighted by molar-refractivity contribution is 0.0959. The second-order valence-electron chi connectivity index (χ2n) is 4.27. The Morgan fingerprint density at radius 2 is 2.32 bits per heavy atom. The molecule has 2 amide bonds. The zero-order chi connectivity index (χ0) is 14.0. The first kappa shape index (κ1) is 13.3. The molecule has 0 bridgehead atoms. The Labute approximate surface area is 110 Å². The fraction of sp³-hybridized carbons (Fsp3) is 0.385. The molecule has 1 saturated heterocycles. The molecule has 1 fully saturated rings. The summed E-state index contributed by atoms with van der Waals surface area (Å²) in [6.45, 7) is 2.31. The molecule has 1 N–H and O–H groups in total. The minimum absolute atomic E-state index is 0.0501. The highest BCUT2D eigenvalue weighted by Gasteiger charge is 2.31. The number of amides is 2. The van der Waals surface area contributed by atoms with Crippen molar-refractivity contribution in [3.8, 4) is 0 Å². The predicted molar refractivity (Wildman–Crippen MR) is 67.7 cm³/mol. The first-order valence-electron chi connectivity index (χ1n) is 6.06. The molecular weight excluding hydrogens is 251 g/mol. The molecule has 6 heteroatoms. The van der Waals surface area contributed by atoms with Gasteiger partial charge in [-0.2, -0.15) is 0 Å². The van der Waals surface area contributed by atoms with Crippen molar-refractivity contribution in [1.29, 1.82) is 0 Å². The highest BCUT2D eigenvalue weighted by Crippen LogP contribution is 2.24. The molecule has 0 unspecified atom stereocenters. The number of hydrogen-bond donors (Lipinski definition) is 1. The molecule has 0 aliphatic carbocycles. The van der Waals surface area contributed by atoms with Gasteiger partial charge in [0.1, 0.15) is 11.9 Å². The summed E-state index contributed by atoms with van der Waals surface area (Å²) in [5.41, 5.74) is 0.344. The molecule has 19 heavy (non-hydrogen) atoms. The van der Waals surface area contributed by atoms with Crippen LogP contribution < -0.4 is 10.2 Å². The van der Waals surface area contributed by atoms with Crippen LogP contribution in [0.5, 0.6) is 0 Å². The lowest BCUT2D eigenvalue weighted by Gasteiger charge is -2.13. The average Bonchev–Trinajstić information content (AvgIpc) is 2.79. The summed E-state index contributed by atoms with van der Waals surface area (Å²) in [5.74, 6) is -1.16. The maximum absolute atomic E-state index is 13.8. The van der Waals surface area contributed by atoms with Gasteiger partial charge < -0.3 is 10.1 Å². The highest BCUT2D eigenvalue weighted by atomic mass is 19.1. The van der Waals surface area contributed by atoms with Crippen molar-refractivity contribution >= 4 is 17.7 Å². The van der Waals surface area contributed by atoms with E-state index in [1.807, 2.05) is 6.92 Å². The Kier molecular flexibility index (Phi) is 3.69. The standard InChI is InChI=1S/C13H15FN2O3/c1-3-9-7-16(13(18)19-9)8-4-5-10(11(14)6-8)12(17)15-2/h4-6,9H,3,7H2,1-2H3,(H,15,17)/t9-/m0/s1. The number of hydrogen-bond acceptors (Lipinski definition) is 3. The number of benzene rings is 1. The number of halogens is 1. The third-order valence-electron chi connectivity index (χ3n) is 3.07. The van der Waals surface area contributed by atoms with Crippen molar-refractivity contribution in [3.05, 3.63) is 29.6 Å². The summed E-state index contributed by atoms with van der Waals surface area (Å²) in [7, 11) is 1.43. The largest absolute Gasteiger partial charge is 0.444 e. The normalized spacial score (nSPS) is 18.4.